The van der Waals surface area contributed by atoms with E-state index in [0.717, 1.165) is 6.92 Å². The average Bonchev–Trinajstić information content (AvgIpc) is 2.63. The molecule has 0 spiro atoms. The van der Waals surface area contributed by atoms with Gasteiger partial charge in [-0.15, -0.1) is 5.10 Å². The molecule has 2 aromatic heterocycles. The predicted octanol–water partition coefficient (Wildman–Crippen LogP) is 0.189. The van der Waals surface area contributed by atoms with Crippen molar-refractivity contribution < 1.29 is 19.4 Å². The standard InChI is InChI=1S/C8H8N4O2.C2H4O2/c1-14-8(13)5-6(9)11-12-4-2-3-10-7(5)12;1-2(3)4/h2-4H,1H3,(H2,9,11);1H3,(H,3,4). The molecule has 2 rings (SSSR count). The number of carbonyl (C=O) groups is 2. The topological polar surface area (TPSA) is 120 Å². The van der Waals surface area contributed by atoms with Gasteiger partial charge in [0.05, 0.1) is 7.11 Å². The lowest BCUT2D eigenvalue weighted by Crippen LogP contribution is -2.04. The van der Waals surface area contributed by atoms with Crippen molar-refractivity contribution in [2.75, 3.05) is 12.8 Å². The maximum Gasteiger partial charge on any atom is 0.345 e. The number of aliphatic carboxylic acids is 1. The predicted molar refractivity (Wildman–Crippen MR) is 62.0 cm³/mol. The number of esters is 1. The molecule has 2 heterocycles. The highest BCUT2D eigenvalue weighted by Crippen LogP contribution is 2.15. The summed E-state index contributed by atoms with van der Waals surface area (Å²) in [5.41, 5.74) is 6.16. The molecule has 0 saturated heterocycles. The second kappa shape index (κ2) is 5.62. The number of carboxylic acid groups (broad SMARTS) is 1. The molecule has 0 radical (unpaired) electrons. The molecule has 0 aliphatic heterocycles. The van der Waals surface area contributed by atoms with E-state index in [2.05, 4.69) is 14.8 Å². The Kier molecular flexibility index (Phi) is 4.19. The van der Waals surface area contributed by atoms with Gasteiger partial charge in [0, 0.05) is 19.3 Å². The van der Waals surface area contributed by atoms with E-state index < -0.39 is 11.9 Å². The van der Waals surface area contributed by atoms with Crippen LogP contribution in [0.25, 0.3) is 5.65 Å². The van der Waals surface area contributed by atoms with Crippen LogP contribution in [0.3, 0.4) is 0 Å². The first-order valence-corrected chi connectivity index (χ1v) is 4.84. The lowest BCUT2D eigenvalue weighted by molar-refractivity contribution is -0.134. The average molecular weight is 252 g/mol. The number of rotatable bonds is 1. The van der Waals surface area contributed by atoms with Crippen LogP contribution in [0.15, 0.2) is 18.5 Å². The molecule has 0 amide bonds. The number of nitrogens with two attached hydrogens (primary N) is 1. The second-order valence-electron chi connectivity index (χ2n) is 3.16. The fourth-order valence-corrected chi connectivity index (χ4v) is 1.20. The summed E-state index contributed by atoms with van der Waals surface area (Å²) in [6, 6.07) is 1.69. The van der Waals surface area contributed by atoms with Crippen LogP contribution in [-0.4, -0.2) is 38.8 Å². The molecule has 0 saturated carbocycles. The molecule has 0 aliphatic carbocycles. The normalized spacial score (nSPS) is 9.44. The number of hydrogen-bond acceptors (Lipinski definition) is 6. The van der Waals surface area contributed by atoms with E-state index >= 15 is 0 Å². The van der Waals surface area contributed by atoms with E-state index in [1.807, 2.05) is 0 Å². The molecular formula is C10H12N4O4. The van der Waals surface area contributed by atoms with Crippen molar-refractivity contribution in [2.45, 2.75) is 6.92 Å². The van der Waals surface area contributed by atoms with Crippen LogP contribution < -0.4 is 5.73 Å². The van der Waals surface area contributed by atoms with Crippen molar-refractivity contribution in [1.82, 2.24) is 14.6 Å². The van der Waals surface area contributed by atoms with Crippen LogP contribution in [0, 0.1) is 0 Å². The molecule has 18 heavy (non-hydrogen) atoms. The quantitative estimate of drug-likeness (QED) is 0.695. The Hall–Kier alpha value is -2.64. The van der Waals surface area contributed by atoms with Gasteiger partial charge >= 0.3 is 5.97 Å². The number of methoxy groups -OCH3 is 1. The minimum Gasteiger partial charge on any atom is -0.481 e. The zero-order chi connectivity index (χ0) is 13.7. The third-order valence-electron chi connectivity index (χ3n) is 1.81. The molecular weight excluding hydrogens is 240 g/mol. The van der Waals surface area contributed by atoms with Crippen LogP contribution >= 0.6 is 0 Å². The molecule has 0 atom stereocenters. The Morgan fingerprint density at radius 3 is 2.67 bits per heavy atom. The smallest absolute Gasteiger partial charge is 0.345 e. The summed E-state index contributed by atoms with van der Waals surface area (Å²) < 4.78 is 6.00. The Balaban J connectivity index is 0.000000357. The lowest BCUT2D eigenvalue weighted by atomic mass is 10.3. The van der Waals surface area contributed by atoms with Crippen molar-refractivity contribution in [3.8, 4) is 0 Å². The highest BCUT2D eigenvalue weighted by molar-refractivity contribution is 6.00. The molecule has 8 heteroatoms. The van der Waals surface area contributed by atoms with Gasteiger partial charge in [-0.1, -0.05) is 0 Å². The Morgan fingerprint density at radius 1 is 1.50 bits per heavy atom. The van der Waals surface area contributed by atoms with E-state index in [-0.39, 0.29) is 11.4 Å². The molecule has 3 N–H and O–H groups in total. The second-order valence-corrected chi connectivity index (χ2v) is 3.16. The Labute approximate surface area is 102 Å². The highest BCUT2D eigenvalue weighted by Gasteiger charge is 2.18. The SMILES string of the molecule is CC(=O)O.COC(=O)c1c(N)nn2cccnc12. The minimum atomic E-state index is -0.833. The summed E-state index contributed by atoms with van der Waals surface area (Å²) in [6.07, 6.45) is 3.22. The fraction of sp³-hybridized carbons (Fsp3) is 0.200. The molecule has 0 fully saturated rings. The first kappa shape index (κ1) is 13.4. The first-order chi connectivity index (χ1) is 8.47. The molecule has 0 bridgehead atoms. The maximum atomic E-state index is 11.3. The number of carbonyl (C=O) groups excluding carboxylic acids is 1. The van der Waals surface area contributed by atoms with E-state index in [1.165, 1.54) is 11.6 Å². The van der Waals surface area contributed by atoms with E-state index in [0.29, 0.717) is 5.65 Å². The fourth-order valence-electron chi connectivity index (χ4n) is 1.20. The summed E-state index contributed by atoms with van der Waals surface area (Å²) in [7, 11) is 1.29. The number of nitrogens with zero attached hydrogens (tertiary/aromatic N) is 3. The monoisotopic (exact) mass is 252 g/mol. The Bertz CT molecular complexity index is 574. The van der Waals surface area contributed by atoms with Gasteiger partial charge in [-0.2, -0.15) is 0 Å². The van der Waals surface area contributed by atoms with Gasteiger partial charge in [0.1, 0.15) is 5.56 Å². The zero-order valence-electron chi connectivity index (χ0n) is 9.82. The van der Waals surface area contributed by atoms with Crippen molar-refractivity contribution in [2.24, 2.45) is 0 Å². The van der Waals surface area contributed by atoms with Crippen molar-refractivity contribution in [3.63, 3.8) is 0 Å². The number of anilines is 1. The van der Waals surface area contributed by atoms with Crippen molar-refractivity contribution in [1.29, 1.82) is 0 Å². The molecule has 0 aromatic carbocycles. The van der Waals surface area contributed by atoms with Crippen LogP contribution in [-0.2, 0) is 9.53 Å². The van der Waals surface area contributed by atoms with E-state index in [4.69, 9.17) is 15.6 Å². The molecule has 2 aromatic rings. The summed E-state index contributed by atoms with van der Waals surface area (Å²) >= 11 is 0. The minimum absolute atomic E-state index is 0.121. The van der Waals surface area contributed by atoms with Gasteiger partial charge in [-0.25, -0.2) is 14.3 Å². The number of hydrogen-bond donors (Lipinski definition) is 2. The van der Waals surface area contributed by atoms with Crippen LogP contribution in [0.2, 0.25) is 0 Å². The third-order valence-corrected chi connectivity index (χ3v) is 1.81. The number of aromatic nitrogens is 3. The van der Waals surface area contributed by atoms with Gasteiger partial charge in [0.15, 0.2) is 11.5 Å². The molecule has 0 aliphatic rings. The number of carboxylic acids is 1. The summed E-state index contributed by atoms with van der Waals surface area (Å²) in [4.78, 5) is 24.3. The van der Waals surface area contributed by atoms with Crippen molar-refractivity contribution >= 4 is 23.4 Å². The van der Waals surface area contributed by atoms with Gasteiger partial charge < -0.3 is 15.6 Å². The largest absolute Gasteiger partial charge is 0.481 e. The number of nitrogen functional groups attached to an aromatic ring is 1. The van der Waals surface area contributed by atoms with Gasteiger partial charge in [0.25, 0.3) is 5.97 Å². The van der Waals surface area contributed by atoms with E-state index in [9.17, 15) is 4.79 Å². The Morgan fingerprint density at radius 2 is 2.11 bits per heavy atom. The molecule has 0 unspecified atom stereocenters. The van der Waals surface area contributed by atoms with Crippen LogP contribution in [0.5, 0.6) is 0 Å². The maximum absolute atomic E-state index is 11.3. The van der Waals surface area contributed by atoms with Crippen LogP contribution in [0.1, 0.15) is 17.3 Å². The number of fused-ring (bicyclic) bond motifs is 1. The molecule has 96 valence electrons. The van der Waals surface area contributed by atoms with Gasteiger partial charge in [0.2, 0.25) is 0 Å². The third kappa shape index (κ3) is 2.94. The highest BCUT2D eigenvalue weighted by atomic mass is 16.5. The van der Waals surface area contributed by atoms with E-state index in [1.54, 1.807) is 18.5 Å². The van der Waals surface area contributed by atoms with Gasteiger partial charge in [-0.3, -0.25) is 4.79 Å². The van der Waals surface area contributed by atoms with Crippen LogP contribution in [0.4, 0.5) is 5.82 Å². The van der Waals surface area contributed by atoms with Gasteiger partial charge in [-0.05, 0) is 6.07 Å². The van der Waals surface area contributed by atoms with Crippen molar-refractivity contribution in [3.05, 3.63) is 24.0 Å². The zero-order valence-corrected chi connectivity index (χ0v) is 9.82. The summed E-state index contributed by atoms with van der Waals surface area (Å²) in [6.45, 7) is 1.08. The first-order valence-electron chi connectivity index (χ1n) is 4.84. The number of ether oxygens (including phenoxy) is 1. The molecule has 8 nitrogen and oxygen atoms in total. The summed E-state index contributed by atoms with van der Waals surface area (Å²) in [5.74, 6) is -1.24. The lowest BCUT2D eigenvalue weighted by Gasteiger charge is -1.95. The summed E-state index contributed by atoms with van der Waals surface area (Å²) in [5, 5.41) is 11.3.